The highest BCUT2D eigenvalue weighted by atomic mass is 32.2. The Morgan fingerprint density at radius 2 is 1.79 bits per heavy atom. The first kappa shape index (κ1) is 13.6. The van der Waals surface area contributed by atoms with Gasteiger partial charge in [-0.2, -0.15) is 0 Å². The van der Waals surface area contributed by atoms with Crippen molar-refractivity contribution in [2.45, 2.75) is 6.92 Å². The Kier molecular flexibility index (Phi) is 4.99. The summed E-state index contributed by atoms with van der Waals surface area (Å²) in [7, 11) is 0. The quantitative estimate of drug-likeness (QED) is 0.803. The first-order chi connectivity index (χ1) is 9.25. The normalized spacial score (nSPS) is 10.8. The van der Waals surface area contributed by atoms with Crippen LogP contribution in [0, 0.1) is 0 Å². The SMILES string of the molecule is CC(=O)SCC=Cc1cccc(-c2ccccc2)c1. The lowest BCUT2D eigenvalue weighted by Gasteiger charge is -2.02. The van der Waals surface area contributed by atoms with E-state index in [2.05, 4.69) is 42.5 Å². The van der Waals surface area contributed by atoms with Gasteiger partial charge in [0, 0.05) is 12.7 Å². The van der Waals surface area contributed by atoms with Gasteiger partial charge < -0.3 is 0 Å². The van der Waals surface area contributed by atoms with E-state index in [1.165, 1.54) is 22.9 Å². The van der Waals surface area contributed by atoms with Gasteiger partial charge in [0.1, 0.15) is 0 Å². The molecule has 0 aliphatic heterocycles. The minimum Gasteiger partial charge on any atom is -0.288 e. The molecule has 0 atom stereocenters. The molecule has 2 heteroatoms. The molecule has 0 aromatic heterocycles. The van der Waals surface area contributed by atoms with Crippen LogP contribution in [-0.2, 0) is 4.79 Å². The second-order valence-electron chi connectivity index (χ2n) is 4.20. The van der Waals surface area contributed by atoms with Crippen molar-refractivity contribution < 1.29 is 4.79 Å². The zero-order chi connectivity index (χ0) is 13.5. The molecule has 0 radical (unpaired) electrons. The zero-order valence-corrected chi connectivity index (χ0v) is 11.7. The van der Waals surface area contributed by atoms with Crippen LogP contribution in [0.25, 0.3) is 17.2 Å². The number of benzene rings is 2. The number of thioether (sulfide) groups is 1. The van der Waals surface area contributed by atoms with Gasteiger partial charge in [-0.3, -0.25) is 4.79 Å². The fraction of sp³-hybridized carbons (Fsp3) is 0.118. The number of hydrogen-bond donors (Lipinski definition) is 0. The third-order valence-electron chi connectivity index (χ3n) is 2.69. The summed E-state index contributed by atoms with van der Waals surface area (Å²) >= 11 is 1.33. The van der Waals surface area contributed by atoms with E-state index in [1.54, 1.807) is 6.92 Å². The van der Waals surface area contributed by atoms with Gasteiger partial charge in [0.15, 0.2) is 5.12 Å². The lowest BCUT2D eigenvalue weighted by molar-refractivity contribution is -0.109. The minimum absolute atomic E-state index is 0.155. The molecule has 0 aliphatic carbocycles. The molecule has 19 heavy (non-hydrogen) atoms. The molecule has 0 unspecified atom stereocenters. The fourth-order valence-corrected chi connectivity index (χ4v) is 2.23. The van der Waals surface area contributed by atoms with Crippen LogP contribution in [0.15, 0.2) is 60.7 Å². The maximum atomic E-state index is 10.8. The molecule has 2 rings (SSSR count). The van der Waals surface area contributed by atoms with E-state index in [0.717, 1.165) is 11.3 Å². The van der Waals surface area contributed by atoms with E-state index in [-0.39, 0.29) is 5.12 Å². The molecule has 0 fully saturated rings. The summed E-state index contributed by atoms with van der Waals surface area (Å²) in [5.41, 5.74) is 3.59. The molecule has 0 aliphatic rings. The van der Waals surface area contributed by atoms with Gasteiger partial charge in [0.05, 0.1) is 0 Å². The third-order valence-corrected chi connectivity index (χ3v) is 3.45. The van der Waals surface area contributed by atoms with Crippen LogP contribution < -0.4 is 0 Å². The smallest absolute Gasteiger partial charge is 0.186 e. The predicted molar refractivity (Wildman–Crippen MR) is 84.1 cm³/mol. The standard InChI is InChI=1S/C17H16OS/c1-14(18)19-12-6-8-15-7-5-11-17(13-15)16-9-3-2-4-10-16/h2-11,13H,12H2,1H3. The van der Waals surface area contributed by atoms with Gasteiger partial charge in [-0.1, -0.05) is 72.4 Å². The highest BCUT2D eigenvalue weighted by Gasteiger charge is 1.96. The van der Waals surface area contributed by atoms with Crippen molar-refractivity contribution in [1.29, 1.82) is 0 Å². The topological polar surface area (TPSA) is 17.1 Å². The number of hydrogen-bond acceptors (Lipinski definition) is 2. The Morgan fingerprint density at radius 1 is 1.05 bits per heavy atom. The summed E-state index contributed by atoms with van der Waals surface area (Å²) in [6.07, 6.45) is 4.08. The summed E-state index contributed by atoms with van der Waals surface area (Å²) in [4.78, 5) is 10.8. The van der Waals surface area contributed by atoms with Crippen LogP contribution in [0.5, 0.6) is 0 Å². The van der Waals surface area contributed by atoms with Gasteiger partial charge in [-0.15, -0.1) is 0 Å². The summed E-state index contributed by atoms with van der Waals surface area (Å²) in [5, 5.41) is 0.155. The average molecular weight is 268 g/mol. The maximum Gasteiger partial charge on any atom is 0.186 e. The predicted octanol–water partition coefficient (Wildman–Crippen LogP) is 4.65. The van der Waals surface area contributed by atoms with Crippen molar-refractivity contribution in [3.63, 3.8) is 0 Å². The van der Waals surface area contributed by atoms with Gasteiger partial charge in [0.25, 0.3) is 0 Å². The van der Waals surface area contributed by atoms with Crippen LogP contribution in [0.3, 0.4) is 0 Å². The van der Waals surface area contributed by atoms with Crippen molar-refractivity contribution in [1.82, 2.24) is 0 Å². The van der Waals surface area contributed by atoms with Gasteiger partial charge in [-0.05, 0) is 22.8 Å². The van der Waals surface area contributed by atoms with Crippen LogP contribution in [0.1, 0.15) is 12.5 Å². The van der Waals surface area contributed by atoms with Gasteiger partial charge >= 0.3 is 0 Å². The Morgan fingerprint density at radius 3 is 2.53 bits per heavy atom. The molecule has 2 aromatic carbocycles. The Balaban J connectivity index is 2.09. The number of carbonyl (C=O) groups is 1. The Bertz CT molecular complexity index is 573. The van der Waals surface area contributed by atoms with E-state index >= 15 is 0 Å². The van der Waals surface area contributed by atoms with Gasteiger partial charge in [-0.25, -0.2) is 0 Å². The maximum absolute atomic E-state index is 10.8. The Labute approximate surface area is 118 Å². The van der Waals surface area contributed by atoms with Crippen molar-refractivity contribution >= 4 is 23.0 Å². The molecule has 0 amide bonds. The number of rotatable bonds is 4. The zero-order valence-electron chi connectivity index (χ0n) is 10.9. The van der Waals surface area contributed by atoms with Crippen LogP contribution in [0.4, 0.5) is 0 Å². The van der Waals surface area contributed by atoms with Crippen molar-refractivity contribution in [3.05, 3.63) is 66.2 Å². The molecule has 0 spiro atoms. The molecule has 96 valence electrons. The fourth-order valence-electron chi connectivity index (χ4n) is 1.80. The Hall–Kier alpha value is -1.80. The molecule has 0 N–H and O–H groups in total. The summed E-state index contributed by atoms with van der Waals surface area (Å²) in [6.45, 7) is 1.59. The van der Waals surface area contributed by atoms with Gasteiger partial charge in [0.2, 0.25) is 0 Å². The highest BCUT2D eigenvalue weighted by molar-refractivity contribution is 8.13. The molecule has 0 bridgehead atoms. The molecule has 2 aromatic rings. The lowest BCUT2D eigenvalue weighted by Crippen LogP contribution is -1.82. The number of carbonyl (C=O) groups excluding carboxylic acids is 1. The van der Waals surface area contributed by atoms with Crippen LogP contribution in [-0.4, -0.2) is 10.9 Å². The largest absolute Gasteiger partial charge is 0.288 e. The molecular formula is C17H16OS. The molecule has 1 nitrogen and oxygen atoms in total. The van der Waals surface area contributed by atoms with Crippen molar-refractivity contribution in [2.24, 2.45) is 0 Å². The highest BCUT2D eigenvalue weighted by Crippen LogP contribution is 2.20. The second kappa shape index (κ2) is 6.95. The molecule has 0 saturated carbocycles. The third kappa shape index (κ3) is 4.42. The summed E-state index contributed by atoms with van der Waals surface area (Å²) < 4.78 is 0. The first-order valence-corrected chi connectivity index (χ1v) is 7.19. The van der Waals surface area contributed by atoms with E-state index in [0.29, 0.717) is 0 Å². The molecule has 0 heterocycles. The van der Waals surface area contributed by atoms with E-state index in [9.17, 15) is 4.79 Å². The second-order valence-corrected chi connectivity index (χ2v) is 5.39. The first-order valence-electron chi connectivity index (χ1n) is 6.21. The van der Waals surface area contributed by atoms with E-state index in [4.69, 9.17) is 0 Å². The minimum atomic E-state index is 0.155. The van der Waals surface area contributed by atoms with E-state index in [1.807, 2.05) is 24.3 Å². The summed E-state index contributed by atoms with van der Waals surface area (Å²) in [5.74, 6) is 0.727. The molecular weight excluding hydrogens is 252 g/mol. The van der Waals surface area contributed by atoms with Crippen LogP contribution >= 0.6 is 11.8 Å². The average Bonchev–Trinajstić information content (AvgIpc) is 2.45. The van der Waals surface area contributed by atoms with E-state index < -0.39 is 0 Å². The summed E-state index contributed by atoms with van der Waals surface area (Å²) in [6, 6.07) is 18.7. The lowest BCUT2D eigenvalue weighted by atomic mass is 10.0. The molecule has 0 saturated heterocycles. The monoisotopic (exact) mass is 268 g/mol. The van der Waals surface area contributed by atoms with Crippen LogP contribution in [0.2, 0.25) is 0 Å². The van der Waals surface area contributed by atoms with Crippen molar-refractivity contribution in [2.75, 3.05) is 5.75 Å². The van der Waals surface area contributed by atoms with Crippen molar-refractivity contribution in [3.8, 4) is 11.1 Å².